The van der Waals surface area contributed by atoms with Crippen LogP contribution < -0.4 is 10.1 Å². The molecule has 0 unspecified atom stereocenters. The molecule has 20 heavy (non-hydrogen) atoms. The number of thioether (sulfide) groups is 1. The van der Waals surface area contributed by atoms with Crippen LogP contribution in [-0.4, -0.2) is 19.4 Å². The van der Waals surface area contributed by atoms with Crippen molar-refractivity contribution in [1.82, 2.24) is 0 Å². The van der Waals surface area contributed by atoms with Gasteiger partial charge in [0.05, 0.1) is 6.61 Å². The number of hydrogen-bond donors (Lipinski definition) is 1. The van der Waals surface area contributed by atoms with Crippen LogP contribution in [0.2, 0.25) is 0 Å². The summed E-state index contributed by atoms with van der Waals surface area (Å²) in [5, 5.41) is 3.53. The van der Waals surface area contributed by atoms with E-state index in [2.05, 4.69) is 54.0 Å². The van der Waals surface area contributed by atoms with Crippen molar-refractivity contribution in [2.45, 2.75) is 17.7 Å². The summed E-state index contributed by atoms with van der Waals surface area (Å²) in [6.45, 7) is 1.79. The number of anilines is 1. The Bertz CT molecular complexity index is 597. The number of para-hydroxylation sites is 1. The Hall–Kier alpha value is -1.61. The second kappa shape index (κ2) is 6.23. The summed E-state index contributed by atoms with van der Waals surface area (Å²) in [6, 6.07) is 15.0. The number of nitrogens with one attached hydrogen (secondary N) is 1. The molecule has 3 heteroatoms. The number of benzene rings is 2. The maximum Gasteiger partial charge on any atom is 0.122 e. The van der Waals surface area contributed by atoms with E-state index in [-0.39, 0.29) is 0 Å². The van der Waals surface area contributed by atoms with Crippen molar-refractivity contribution in [3.63, 3.8) is 0 Å². The van der Waals surface area contributed by atoms with Crippen LogP contribution in [0.15, 0.2) is 47.4 Å². The molecule has 0 atom stereocenters. The predicted octanol–water partition coefficient (Wildman–Crippen LogP) is 4.00. The minimum Gasteiger partial charge on any atom is -0.493 e. The van der Waals surface area contributed by atoms with Gasteiger partial charge in [-0.15, -0.1) is 11.8 Å². The average molecular weight is 285 g/mol. The lowest BCUT2D eigenvalue weighted by Gasteiger charge is -2.10. The van der Waals surface area contributed by atoms with Crippen LogP contribution in [-0.2, 0) is 12.8 Å². The van der Waals surface area contributed by atoms with Crippen LogP contribution in [0.25, 0.3) is 0 Å². The molecule has 2 aromatic rings. The Labute approximate surface area is 124 Å². The van der Waals surface area contributed by atoms with Gasteiger partial charge in [-0.25, -0.2) is 0 Å². The molecule has 0 saturated heterocycles. The average Bonchev–Trinajstić information content (AvgIpc) is 2.95. The van der Waals surface area contributed by atoms with Gasteiger partial charge in [0.25, 0.3) is 0 Å². The van der Waals surface area contributed by atoms with Gasteiger partial charge >= 0.3 is 0 Å². The second-order valence-corrected chi connectivity index (χ2v) is 5.77. The summed E-state index contributed by atoms with van der Waals surface area (Å²) < 4.78 is 5.54. The van der Waals surface area contributed by atoms with Crippen molar-refractivity contribution in [2.75, 3.05) is 24.7 Å². The lowest BCUT2D eigenvalue weighted by Crippen LogP contribution is -2.05. The largest absolute Gasteiger partial charge is 0.493 e. The third kappa shape index (κ3) is 2.93. The normalized spacial score (nSPS) is 12.8. The molecule has 3 rings (SSSR count). The Morgan fingerprint density at radius 3 is 3.00 bits per heavy atom. The molecule has 2 aromatic carbocycles. The lowest BCUT2D eigenvalue weighted by atomic mass is 10.1. The van der Waals surface area contributed by atoms with Crippen molar-refractivity contribution in [3.05, 3.63) is 53.6 Å². The van der Waals surface area contributed by atoms with Gasteiger partial charge in [0.15, 0.2) is 0 Å². The predicted molar refractivity (Wildman–Crippen MR) is 86.1 cm³/mol. The molecule has 0 spiro atoms. The molecule has 0 radical (unpaired) electrons. The van der Waals surface area contributed by atoms with Crippen LogP contribution in [0, 0.1) is 0 Å². The van der Waals surface area contributed by atoms with Crippen LogP contribution in [0.3, 0.4) is 0 Å². The van der Waals surface area contributed by atoms with E-state index in [0.717, 1.165) is 31.7 Å². The zero-order valence-corrected chi connectivity index (χ0v) is 12.5. The SMILES string of the molecule is CSc1ccccc1NCCc1ccc2c(c1)CCO2. The summed E-state index contributed by atoms with van der Waals surface area (Å²) in [7, 11) is 0. The van der Waals surface area contributed by atoms with E-state index in [9.17, 15) is 0 Å². The fourth-order valence-corrected chi connectivity index (χ4v) is 3.10. The van der Waals surface area contributed by atoms with Gasteiger partial charge in [-0.05, 0) is 42.0 Å². The summed E-state index contributed by atoms with van der Waals surface area (Å²) in [5.74, 6) is 1.06. The van der Waals surface area contributed by atoms with Crippen molar-refractivity contribution in [2.24, 2.45) is 0 Å². The van der Waals surface area contributed by atoms with E-state index in [1.807, 2.05) is 0 Å². The summed E-state index contributed by atoms with van der Waals surface area (Å²) in [6.07, 6.45) is 4.20. The van der Waals surface area contributed by atoms with Crippen molar-refractivity contribution in [1.29, 1.82) is 0 Å². The van der Waals surface area contributed by atoms with Gasteiger partial charge in [-0.1, -0.05) is 24.3 Å². The molecule has 1 aliphatic rings. The van der Waals surface area contributed by atoms with Crippen molar-refractivity contribution in [3.8, 4) is 5.75 Å². The quantitative estimate of drug-likeness (QED) is 0.839. The first-order valence-corrected chi connectivity index (χ1v) is 8.21. The number of ether oxygens (including phenoxy) is 1. The van der Waals surface area contributed by atoms with Crippen LogP contribution in [0.1, 0.15) is 11.1 Å². The fourth-order valence-electron chi connectivity index (χ4n) is 2.53. The molecule has 104 valence electrons. The fraction of sp³-hybridized carbons (Fsp3) is 0.294. The van der Waals surface area contributed by atoms with E-state index in [0.29, 0.717) is 0 Å². The lowest BCUT2D eigenvalue weighted by molar-refractivity contribution is 0.357. The van der Waals surface area contributed by atoms with Crippen molar-refractivity contribution >= 4 is 17.4 Å². The molecule has 0 bridgehead atoms. The minimum absolute atomic E-state index is 0.831. The van der Waals surface area contributed by atoms with E-state index >= 15 is 0 Å². The Kier molecular flexibility index (Phi) is 4.16. The summed E-state index contributed by atoms with van der Waals surface area (Å²) >= 11 is 1.78. The maximum absolute atomic E-state index is 5.54. The van der Waals surface area contributed by atoms with E-state index < -0.39 is 0 Å². The Morgan fingerprint density at radius 1 is 1.20 bits per heavy atom. The molecule has 0 fully saturated rings. The number of fused-ring (bicyclic) bond motifs is 1. The minimum atomic E-state index is 0.831. The van der Waals surface area contributed by atoms with Crippen molar-refractivity contribution < 1.29 is 4.74 Å². The van der Waals surface area contributed by atoms with Crippen LogP contribution >= 0.6 is 11.8 Å². The zero-order chi connectivity index (χ0) is 13.8. The molecule has 0 amide bonds. The molecule has 0 aromatic heterocycles. The third-order valence-corrected chi connectivity index (χ3v) is 4.39. The zero-order valence-electron chi connectivity index (χ0n) is 11.7. The molecular formula is C17H19NOS. The molecule has 0 aliphatic carbocycles. The highest BCUT2D eigenvalue weighted by Crippen LogP contribution is 2.27. The van der Waals surface area contributed by atoms with E-state index in [1.165, 1.54) is 21.7 Å². The smallest absolute Gasteiger partial charge is 0.122 e. The maximum atomic E-state index is 5.54. The molecule has 1 N–H and O–H groups in total. The monoisotopic (exact) mass is 285 g/mol. The number of hydrogen-bond acceptors (Lipinski definition) is 3. The molecule has 1 aliphatic heterocycles. The van der Waals surface area contributed by atoms with Gasteiger partial charge in [0, 0.05) is 23.5 Å². The highest BCUT2D eigenvalue weighted by atomic mass is 32.2. The Morgan fingerprint density at radius 2 is 2.10 bits per heavy atom. The van der Waals surface area contributed by atoms with E-state index in [4.69, 9.17) is 4.74 Å². The standard InChI is InChI=1S/C17H19NOS/c1-20-17-5-3-2-4-15(17)18-10-8-13-6-7-16-14(12-13)9-11-19-16/h2-7,12,18H,8-11H2,1H3. The molecule has 1 heterocycles. The highest BCUT2D eigenvalue weighted by molar-refractivity contribution is 7.98. The van der Waals surface area contributed by atoms with E-state index in [1.54, 1.807) is 11.8 Å². The first-order valence-electron chi connectivity index (χ1n) is 6.98. The van der Waals surface area contributed by atoms with Gasteiger partial charge in [-0.3, -0.25) is 0 Å². The first-order chi connectivity index (χ1) is 9.86. The summed E-state index contributed by atoms with van der Waals surface area (Å²) in [5.41, 5.74) is 3.96. The van der Waals surface area contributed by atoms with Crippen LogP contribution in [0.4, 0.5) is 5.69 Å². The second-order valence-electron chi connectivity index (χ2n) is 4.92. The highest BCUT2D eigenvalue weighted by Gasteiger charge is 2.11. The third-order valence-electron chi connectivity index (χ3n) is 3.59. The van der Waals surface area contributed by atoms with Crippen LogP contribution in [0.5, 0.6) is 5.75 Å². The van der Waals surface area contributed by atoms with Gasteiger partial charge < -0.3 is 10.1 Å². The first kappa shape index (κ1) is 13.4. The summed E-state index contributed by atoms with van der Waals surface area (Å²) in [4.78, 5) is 1.30. The Balaban J connectivity index is 1.60. The topological polar surface area (TPSA) is 21.3 Å². The molecule has 2 nitrogen and oxygen atoms in total. The van der Waals surface area contributed by atoms with Gasteiger partial charge in [-0.2, -0.15) is 0 Å². The molecular weight excluding hydrogens is 266 g/mol. The van der Waals surface area contributed by atoms with Gasteiger partial charge in [0.1, 0.15) is 5.75 Å². The molecule has 0 saturated carbocycles. The van der Waals surface area contributed by atoms with Gasteiger partial charge in [0.2, 0.25) is 0 Å². The number of rotatable bonds is 5.